The lowest BCUT2D eigenvalue weighted by atomic mass is 10.1. The first kappa shape index (κ1) is 16.7. The van der Waals surface area contributed by atoms with Gasteiger partial charge in [0.05, 0.1) is 12.2 Å². The summed E-state index contributed by atoms with van der Waals surface area (Å²) in [5.41, 5.74) is 1.45. The molecule has 1 aliphatic rings. The van der Waals surface area contributed by atoms with Gasteiger partial charge in [0.15, 0.2) is 12.4 Å². The molecule has 128 valence electrons. The number of nitrogens with zero attached hydrogens (tertiary/aromatic N) is 2. The average Bonchev–Trinajstić information content (AvgIpc) is 2.60. The van der Waals surface area contributed by atoms with Gasteiger partial charge in [-0.05, 0) is 31.2 Å². The number of Topliss-reactive ketones (excluding diaryl/α,β-unsaturated/α-hetero) is 1. The SMILES string of the molecule is C=CCN1C(=O)COc2ccc(C(=O)Cn3c(C)cccc3=O)cc21. The first-order valence-electron chi connectivity index (χ1n) is 7.89. The number of ether oxygens (including phenoxy) is 1. The molecule has 0 radical (unpaired) electrons. The predicted octanol–water partition coefficient (Wildman–Crippen LogP) is 1.95. The maximum Gasteiger partial charge on any atom is 0.265 e. The molecule has 0 bridgehead atoms. The molecule has 1 aromatic carbocycles. The largest absolute Gasteiger partial charge is 0.482 e. The standard InChI is InChI=1S/C19H18N2O4/c1-3-9-20-15-10-14(7-8-17(15)25-12-19(20)24)16(22)11-21-13(2)5-4-6-18(21)23/h3-8,10H,1,9,11-12H2,2H3. The Bertz CT molecular complexity index is 914. The van der Waals surface area contributed by atoms with Gasteiger partial charge >= 0.3 is 0 Å². The Morgan fingerprint density at radius 1 is 1.28 bits per heavy atom. The van der Waals surface area contributed by atoms with Gasteiger partial charge in [0.1, 0.15) is 5.75 Å². The summed E-state index contributed by atoms with van der Waals surface area (Å²) in [6, 6.07) is 9.80. The molecule has 0 N–H and O–H groups in total. The van der Waals surface area contributed by atoms with E-state index in [0.29, 0.717) is 29.2 Å². The summed E-state index contributed by atoms with van der Waals surface area (Å²) in [5, 5.41) is 0. The minimum absolute atomic E-state index is 0.0350. The number of amides is 1. The van der Waals surface area contributed by atoms with Crippen molar-refractivity contribution in [3.8, 4) is 5.75 Å². The molecule has 1 amide bonds. The number of aryl methyl sites for hydroxylation is 1. The van der Waals surface area contributed by atoms with Crippen LogP contribution in [0.1, 0.15) is 16.1 Å². The second kappa shape index (κ2) is 6.76. The van der Waals surface area contributed by atoms with E-state index >= 15 is 0 Å². The average molecular weight is 338 g/mol. The highest BCUT2D eigenvalue weighted by atomic mass is 16.5. The van der Waals surface area contributed by atoms with Crippen LogP contribution in [-0.4, -0.2) is 29.4 Å². The summed E-state index contributed by atoms with van der Waals surface area (Å²) < 4.78 is 6.83. The fourth-order valence-corrected chi connectivity index (χ4v) is 2.77. The van der Waals surface area contributed by atoms with E-state index in [0.717, 1.165) is 0 Å². The van der Waals surface area contributed by atoms with Crippen molar-refractivity contribution in [1.29, 1.82) is 0 Å². The zero-order chi connectivity index (χ0) is 18.0. The normalized spacial score (nSPS) is 13.2. The van der Waals surface area contributed by atoms with Gasteiger partial charge < -0.3 is 14.2 Å². The first-order chi connectivity index (χ1) is 12.0. The van der Waals surface area contributed by atoms with Gasteiger partial charge in [-0.1, -0.05) is 12.1 Å². The summed E-state index contributed by atoms with van der Waals surface area (Å²) in [5.74, 6) is 0.147. The van der Waals surface area contributed by atoms with Crippen molar-refractivity contribution in [3.63, 3.8) is 0 Å². The smallest absolute Gasteiger partial charge is 0.265 e. The number of benzene rings is 1. The Balaban J connectivity index is 1.93. The van der Waals surface area contributed by atoms with Gasteiger partial charge in [-0.2, -0.15) is 0 Å². The number of pyridine rings is 1. The Hall–Kier alpha value is -3.15. The second-order valence-electron chi connectivity index (χ2n) is 5.78. The van der Waals surface area contributed by atoms with Crippen molar-refractivity contribution in [2.24, 2.45) is 0 Å². The molecule has 6 nitrogen and oxygen atoms in total. The number of fused-ring (bicyclic) bond motifs is 1. The molecule has 6 heteroatoms. The Kier molecular flexibility index (Phi) is 4.52. The van der Waals surface area contributed by atoms with E-state index < -0.39 is 0 Å². The Labute approximate surface area is 145 Å². The lowest BCUT2D eigenvalue weighted by Gasteiger charge is -2.28. The maximum absolute atomic E-state index is 12.6. The predicted molar refractivity (Wildman–Crippen MR) is 94.3 cm³/mol. The fraction of sp³-hybridized carbons (Fsp3) is 0.211. The van der Waals surface area contributed by atoms with Crippen LogP contribution in [0.25, 0.3) is 0 Å². The molecule has 3 rings (SSSR count). The molecule has 0 fully saturated rings. The minimum Gasteiger partial charge on any atom is -0.482 e. The highest BCUT2D eigenvalue weighted by molar-refractivity contribution is 6.02. The second-order valence-corrected chi connectivity index (χ2v) is 5.78. The molecule has 0 saturated heterocycles. The third-order valence-corrected chi connectivity index (χ3v) is 4.11. The third-order valence-electron chi connectivity index (χ3n) is 4.11. The van der Waals surface area contributed by atoms with Crippen molar-refractivity contribution in [3.05, 3.63) is 70.7 Å². The van der Waals surface area contributed by atoms with Crippen LogP contribution in [0.3, 0.4) is 0 Å². The number of aromatic nitrogens is 1. The molecule has 0 aliphatic carbocycles. The van der Waals surface area contributed by atoms with Gasteiger partial charge in [0.25, 0.3) is 11.5 Å². The maximum atomic E-state index is 12.6. The van der Waals surface area contributed by atoms with E-state index in [1.165, 1.54) is 15.5 Å². The Morgan fingerprint density at radius 2 is 2.08 bits per heavy atom. The van der Waals surface area contributed by atoms with Crippen LogP contribution in [0, 0.1) is 6.92 Å². The van der Waals surface area contributed by atoms with Crippen LogP contribution in [0.15, 0.2) is 53.8 Å². The molecule has 0 atom stereocenters. The summed E-state index contributed by atoms with van der Waals surface area (Å²) in [4.78, 5) is 38.1. The number of anilines is 1. The Morgan fingerprint density at radius 3 is 2.80 bits per heavy atom. The summed E-state index contributed by atoms with van der Waals surface area (Å²) in [7, 11) is 0. The van der Waals surface area contributed by atoms with Crippen molar-refractivity contribution in [1.82, 2.24) is 4.57 Å². The quantitative estimate of drug-likeness (QED) is 0.617. The van der Waals surface area contributed by atoms with Crippen LogP contribution in [-0.2, 0) is 11.3 Å². The monoisotopic (exact) mass is 338 g/mol. The lowest BCUT2D eigenvalue weighted by molar-refractivity contribution is -0.121. The number of hydrogen-bond donors (Lipinski definition) is 0. The minimum atomic E-state index is -0.224. The summed E-state index contributed by atoms with van der Waals surface area (Å²) in [6.45, 7) is 5.68. The van der Waals surface area contributed by atoms with E-state index in [1.807, 2.05) is 0 Å². The van der Waals surface area contributed by atoms with Gasteiger partial charge in [-0.3, -0.25) is 14.4 Å². The zero-order valence-corrected chi connectivity index (χ0v) is 13.9. The van der Waals surface area contributed by atoms with Crippen LogP contribution < -0.4 is 15.2 Å². The molecular formula is C19H18N2O4. The number of rotatable bonds is 5. The molecule has 1 aromatic heterocycles. The summed E-state index contributed by atoms with van der Waals surface area (Å²) in [6.07, 6.45) is 1.62. The highest BCUT2D eigenvalue weighted by Gasteiger charge is 2.25. The number of carbonyl (C=O) groups excluding carboxylic acids is 2. The number of carbonyl (C=O) groups is 2. The van der Waals surface area contributed by atoms with E-state index in [1.54, 1.807) is 43.3 Å². The van der Waals surface area contributed by atoms with Gasteiger partial charge in [0.2, 0.25) is 0 Å². The topological polar surface area (TPSA) is 68.6 Å². The van der Waals surface area contributed by atoms with Crippen molar-refractivity contribution in [2.45, 2.75) is 13.5 Å². The zero-order valence-electron chi connectivity index (χ0n) is 13.9. The molecule has 0 spiro atoms. The first-order valence-corrected chi connectivity index (χ1v) is 7.89. The molecule has 2 aromatic rings. The number of ketones is 1. The van der Waals surface area contributed by atoms with Gasteiger partial charge in [-0.15, -0.1) is 6.58 Å². The highest BCUT2D eigenvalue weighted by Crippen LogP contribution is 2.33. The molecule has 0 saturated carbocycles. The van der Waals surface area contributed by atoms with Gasteiger partial charge in [-0.25, -0.2) is 0 Å². The van der Waals surface area contributed by atoms with Crippen LogP contribution >= 0.6 is 0 Å². The third kappa shape index (κ3) is 3.24. The number of hydrogen-bond acceptors (Lipinski definition) is 4. The van der Waals surface area contributed by atoms with Crippen LogP contribution in [0.4, 0.5) is 5.69 Å². The fourth-order valence-electron chi connectivity index (χ4n) is 2.77. The van der Waals surface area contributed by atoms with Crippen molar-refractivity contribution < 1.29 is 14.3 Å². The summed E-state index contributed by atoms with van der Waals surface area (Å²) >= 11 is 0. The van der Waals surface area contributed by atoms with E-state index in [4.69, 9.17) is 4.74 Å². The lowest BCUT2D eigenvalue weighted by Crippen LogP contribution is -2.39. The van der Waals surface area contributed by atoms with Crippen molar-refractivity contribution in [2.75, 3.05) is 18.1 Å². The van der Waals surface area contributed by atoms with Crippen LogP contribution in [0.5, 0.6) is 5.75 Å². The van der Waals surface area contributed by atoms with Crippen LogP contribution in [0.2, 0.25) is 0 Å². The van der Waals surface area contributed by atoms with E-state index in [2.05, 4.69) is 6.58 Å². The van der Waals surface area contributed by atoms with Gasteiger partial charge in [0, 0.05) is 23.9 Å². The van der Waals surface area contributed by atoms with Crippen molar-refractivity contribution >= 4 is 17.4 Å². The molecule has 2 heterocycles. The van der Waals surface area contributed by atoms with E-state index in [-0.39, 0.29) is 30.4 Å². The van der Waals surface area contributed by atoms with E-state index in [9.17, 15) is 14.4 Å². The molecule has 1 aliphatic heterocycles. The molecule has 25 heavy (non-hydrogen) atoms. The molecule has 0 unspecified atom stereocenters. The molecular weight excluding hydrogens is 320 g/mol.